The average Bonchev–Trinajstić information content (AvgIpc) is 2.89. The smallest absolute Gasteiger partial charge is 0.0482 e. The summed E-state index contributed by atoms with van der Waals surface area (Å²) in [6.45, 7) is 14.7. The first-order chi connectivity index (χ1) is 10.1. The molecule has 3 heteroatoms. The molecule has 1 aromatic heterocycles. The molecule has 3 nitrogen and oxygen atoms in total. The number of nitrogens with zero attached hydrogens (tertiary/aromatic N) is 2. The van der Waals surface area contributed by atoms with Crippen LogP contribution < -0.4 is 5.32 Å². The van der Waals surface area contributed by atoms with E-state index in [1.54, 1.807) is 0 Å². The van der Waals surface area contributed by atoms with Crippen LogP contribution in [-0.2, 0) is 6.42 Å². The first-order valence-corrected chi connectivity index (χ1v) is 8.48. The second-order valence-corrected chi connectivity index (χ2v) is 6.55. The standard InChI is InChI=1S/C18H31N3/c1-6-19-17(18(4,5)21(7-2)8-3)15-12-11-14-10-9-13-20-16(14)15/h9-10,13,15,17,19H,6-8,11-12H2,1-5H3. The Bertz CT molecular complexity index is 452. The maximum absolute atomic E-state index is 4.71. The van der Waals surface area contributed by atoms with E-state index in [1.165, 1.54) is 24.1 Å². The molecule has 118 valence electrons. The number of hydrogen-bond acceptors (Lipinski definition) is 3. The number of aryl methyl sites for hydroxylation is 1. The van der Waals surface area contributed by atoms with Crippen molar-refractivity contribution in [3.8, 4) is 0 Å². The lowest BCUT2D eigenvalue weighted by atomic mass is 9.81. The molecule has 1 heterocycles. The minimum Gasteiger partial charge on any atom is -0.312 e. The third-order valence-corrected chi connectivity index (χ3v) is 5.17. The van der Waals surface area contributed by atoms with Gasteiger partial charge in [0.25, 0.3) is 0 Å². The van der Waals surface area contributed by atoms with E-state index >= 15 is 0 Å². The number of pyridine rings is 1. The fourth-order valence-electron chi connectivity index (χ4n) is 4.11. The fourth-order valence-corrected chi connectivity index (χ4v) is 4.11. The Kier molecular flexibility index (Phi) is 5.39. The summed E-state index contributed by atoms with van der Waals surface area (Å²) in [6, 6.07) is 4.76. The Hall–Kier alpha value is -0.930. The summed E-state index contributed by atoms with van der Waals surface area (Å²) < 4.78 is 0. The zero-order valence-electron chi connectivity index (χ0n) is 14.3. The fraction of sp³-hybridized carbons (Fsp3) is 0.722. The molecule has 0 spiro atoms. The third-order valence-electron chi connectivity index (χ3n) is 5.17. The molecule has 21 heavy (non-hydrogen) atoms. The van der Waals surface area contributed by atoms with Crippen molar-refractivity contribution in [3.63, 3.8) is 0 Å². The minimum absolute atomic E-state index is 0.128. The highest BCUT2D eigenvalue weighted by Gasteiger charge is 2.41. The molecule has 1 N–H and O–H groups in total. The maximum Gasteiger partial charge on any atom is 0.0482 e. The van der Waals surface area contributed by atoms with Gasteiger partial charge >= 0.3 is 0 Å². The zero-order chi connectivity index (χ0) is 15.5. The summed E-state index contributed by atoms with van der Waals surface area (Å²) >= 11 is 0. The van der Waals surface area contributed by atoms with E-state index in [0.29, 0.717) is 12.0 Å². The van der Waals surface area contributed by atoms with Crippen LogP contribution >= 0.6 is 0 Å². The van der Waals surface area contributed by atoms with Crippen LogP contribution in [0.15, 0.2) is 18.3 Å². The van der Waals surface area contributed by atoms with E-state index in [9.17, 15) is 0 Å². The molecule has 0 bridgehead atoms. The number of hydrogen-bond donors (Lipinski definition) is 1. The Labute approximate surface area is 130 Å². The molecule has 0 amide bonds. The molecule has 0 saturated heterocycles. The lowest BCUT2D eigenvalue weighted by Gasteiger charge is -2.46. The first-order valence-electron chi connectivity index (χ1n) is 8.48. The predicted octanol–water partition coefficient (Wildman–Crippen LogP) is 3.21. The molecule has 2 atom stereocenters. The van der Waals surface area contributed by atoms with Crippen molar-refractivity contribution < 1.29 is 0 Å². The second-order valence-electron chi connectivity index (χ2n) is 6.55. The predicted molar refractivity (Wildman–Crippen MR) is 89.8 cm³/mol. The molecule has 0 aromatic carbocycles. The number of likely N-dealkylation sites (N-methyl/N-ethyl adjacent to an activating group) is 2. The molecule has 2 rings (SSSR count). The highest BCUT2D eigenvalue weighted by Crippen LogP contribution is 2.38. The van der Waals surface area contributed by atoms with Crippen LogP contribution in [0, 0.1) is 0 Å². The monoisotopic (exact) mass is 289 g/mol. The average molecular weight is 289 g/mol. The van der Waals surface area contributed by atoms with Crippen LogP contribution in [0.5, 0.6) is 0 Å². The van der Waals surface area contributed by atoms with Gasteiger partial charge in [0.15, 0.2) is 0 Å². The molecule has 0 radical (unpaired) electrons. The van der Waals surface area contributed by atoms with Crippen molar-refractivity contribution in [1.82, 2.24) is 15.2 Å². The van der Waals surface area contributed by atoms with Crippen LogP contribution in [0.25, 0.3) is 0 Å². The van der Waals surface area contributed by atoms with E-state index in [1.807, 2.05) is 6.20 Å². The van der Waals surface area contributed by atoms with E-state index in [2.05, 4.69) is 57.0 Å². The Morgan fingerprint density at radius 1 is 1.33 bits per heavy atom. The van der Waals surface area contributed by atoms with Crippen molar-refractivity contribution >= 4 is 0 Å². The highest BCUT2D eigenvalue weighted by molar-refractivity contribution is 5.31. The lowest BCUT2D eigenvalue weighted by molar-refractivity contribution is 0.0794. The zero-order valence-corrected chi connectivity index (χ0v) is 14.3. The Morgan fingerprint density at radius 3 is 2.67 bits per heavy atom. The van der Waals surface area contributed by atoms with Crippen LogP contribution in [-0.4, -0.2) is 41.1 Å². The third kappa shape index (κ3) is 3.14. The highest BCUT2D eigenvalue weighted by atomic mass is 15.2. The maximum atomic E-state index is 4.71. The number of aromatic nitrogens is 1. The SMILES string of the molecule is CCNC(C1CCc2cccnc21)C(C)(C)N(CC)CC. The summed E-state index contributed by atoms with van der Waals surface area (Å²) in [4.78, 5) is 7.28. The molecule has 2 unspecified atom stereocenters. The second kappa shape index (κ2) is 6.89. The first kappa shape index (κ1) is 16.4. The van der Waals surface area contributed by atoms with Crippen LogP contribution in [0.1, 0.15) is 58.2 Å². The quantitative estimate of drug-likeness (QED) is 0.835. The van der Waals surface area contributed by atoms with Gasteiger partial charge in [0.05, 0.1) is 0 Å². The summed E-state index contributed by atoms with van der Waals surface area (Å²) in [5.41, 5.74) is 2.90. The molecular formula is C18H31N3. The van der Waals surface area contributed by atoms with Gasteiger partial charge in [0, 0.05) is 29.4 Å². The molecule has 1 aliphatic rings. The van der Waals surface area contributed by atoms with Crippen molar-refractivity contribution in [3.05, 3.63) is 29.6 Å². The van der Waals surface area contributed by atoms with Gasteiger partial charge in [-0.05, 0) is 58.0 Å². The van der Waals surface area contributed by atoms with Crippen molar-refractivity contribution in [2.24, 2.45) is 0 Å². The summed E-state index contributed by atoms with van der Waals surface area (Å²) in [6.07, 6.45) is 4.34. The van der Waals surface area contributed by atoms with Gasteiger partial charge in [-0.2, -0.15) is 0 Å². The van der Waals surface area contributed by atoms with Gasteiger partial charge in [-0.3, -0.25) is 9.88 Å². The Balaban J connectivity index is 2.32. The molecule has 0 fully saturated rings. The van der Waals surface area contributed by atoms with E-state index in [-0.39, 0.29) is 5.54 Å². The molecular weight excluding hydrogens is 258 g/mol. The molecule has 0 saturated carbocycles. The van der Waals surface area contributed by atoms with Gasteiger partial charge < -0.3 is 5.32 Å². The van der Waals surface area contributed by atoms with Gasteiger partial charge in [-0.25, -0.2) is 0 Å². The van der Waals surface area contributed by atoms with Crippen LogP contribution in [0.4, 0.5) is 0 Å². The van der Waals surface area contributed by atoms with Gasteiger partial charge in [-0.15, -0.1) is 0 Å². The molecule has 1 aliphatic carbocycles. The van der Waals surface area contributed by atoms with E-state index in [4.69, 9.17) is 4.98 Å². The number of fused-ring (bicyclic) bond motifs is 1. The van der Waals surface area contributed by atoms with E-state index in [0.717, 1.165) is 19.6 Å². The number of rotatable bonds is 7. The van der Waals surface area contributed by atoms with Crippen molar-refractivity contribution in [2.75, 3.05) is 19.6 Å². The minimum atomic E-state index is 0.128. The molecule has 1 aromatic rings. The summed E-state index contributed by atoms with van der Waals surface area (Å²) in [5, 5.41) is 3.77. The van der Waals surface area contributed by atoms with Gasteiger partial charge in [0.1, 0.15) is 0 Å². The van der Waals surface area contributed by atoms with Crippen LogP contribution in [0.3, 0.4) is 0 Å². The normalized spacial score (nSPS) is 19.8. The topological polar surface area (TPSA) is 28.2 Å². The lowest BCUT2D eigenvalue weighted by Crippen LogP contribution is -2.59. The Morgan fingerprint density at radius 2 is 2.05 bits per heavy atom. The van der Waals surface area contributed by atoms with Crippen LogP contribution in [0.2, 0.25) is 0 Å². The van der Waals surface area contributed by atoms with Gasteiger partial charge in [0.2, 0.25) is 0 Å². The summed E-state index contributed by atoms with van der Waals surface area (Å²) in [5.74, 6) is 0.525. The van der Waals surface area contributed by atoms with Crippen molar-refractivity contribution in [2.45, 2.75) is 65.0 Å². The number of nitrogens with one attached hydrogen (secondary N) is 1. The molecule has 0 aliphatic heterocycles. The van der Waals surface area contributed by atoms with E-state index < -0.39 is 0 Å². The largest absolute Gasteiger partial charge is 0.312 e. The summed E-state index contributed by atoms with van der Waals surface area (Å²) in [7, 11) is 0. The van der Waals surface area contributed by atoms with Crippen molar-refractivity contribution in [1.29, 1.82) is 0 Å². The van der Waals surface area contributed by atoms with Gasteiger partial charge in [-0.1, -0.05) is 26.8 Å².